The minimum atomic E-state index is -3.28. The van der Waals surface area contributed by atoms with Crippen LogP contribution in [0.3, 0.4) is 0 Å². The molecule has 0 spiro atoms. The molecular weight excluding hydrogens is 295 g/mol. The van der Waals surface area contributed by atoms with Crippen molar-refractivity contribution in [2.45, 2.75) is 19.8 Å². The maximum Gasteiger partial charge on any atom is 0.228 e. The highest BCUT2D eigenvalue weighted by molar-refractivity contribution is 7.88. The SMILES string of the molecule is Cc1ccc(NC(=O)[C@H]2CCCN(S(C)(=O)=O)C2)cc1F. The van der Waals surface area contributed by atoms with Crippen LogP contribution in [0.2, 0.25) is 0 Å². The molecule has 0 unspecified atom stereocenters. The van der Waals surface area contributed by atoms with Crippen LogP contribution in [-0.4, -0.2) is 38.0 Å². The highest BCUT2D eigenvalue weighted by Gasteiger charge is 2.30. The number of sulfonamides is 1. The van der Waals surface area contributed by atoms with Gasteiger partial charge in [-0.1, -0.05) is 6.07 Å². The van der Waals surface area contributed by atoms with Crippen molar-refractivity contribution in [1.82, 2.24) is 4.31 Å². The molecule has 0 aliphatic carbocycles. The highest BCUT2D eigenvalue weighted by Crippen LogP contribution is 2.21. The molecule has 21 heavy (non-hydrogen) atoms. The lowest BCUT2D eigenvalue weighted by atomic mass is 9.98. The molecule has 1 aromatic rings. The van der Waals surface area contributed by atoms with Gasteiger partial charge in [0.25, 0.3) is 0 Å². The zero-order valence-corrected chi connectivity index (χ0v) is 12.9. The molecule has 1 aromatic carbocycles. The Morgan fingerprint density at radius 3 is 2.76 bits per heavy atom. The van der Waals surface area contributed by atoms with Crippen molar-refractivity contribution in [3.05, 3.63) is 29.6 Å². The monoisotopic (exact) mass is 314 g/mol. The number of amides is 1. The average Bonchev–Trinajstić information content (AvgIpc) is 2.42. The van der Waals surface area contributed by atoms with Gasteiger partial charge in [0.1, 0.15) is 5.82 Å². The Hall–Kier alpha value is -1.47. The third kappa shape index (κ3) is 4.01. The summed E-state index contributed by atoms with van der Waals surface area (Å²) in [5.74, 6) is -1.06. The van der Waals surface area contributed by atoms with Gasteiger partial charge in [-0.25, -0.2) is 17.1 Å². The van der Waals surface area contributed by atoms with E-state index in [0.717, 1.165) is 6.26 Å². The molecule has 0 radical (unpaired) electrons. The molecular formula is C14H19FN2O3S. The maximum atomic E-state index is 13.5. The molecule has 1 aliphatic heterocycles. The first-order valence-corrected chi connectivity index (χ1v) is 8.64. The van der Waals surface area contributed by atoms with Crippen molar-refractivity contribution in [1.29, 1.82) is 0 Å². The standard InChI is InChI=1S/C14H19FN2O3S/c1-10-5-6-12(8-13(10)15)16-14(18)11-4-3-7-17(9-11)21(2,19)20/h5-6,8,11H,3-4,7,9H2,1-2H3,(H,16,18)/t11-/m0/s1. The molecule has 0 bridgehead atoms. The van der Waals surface area contributed by atoms with Gasteiger partial charge >= 0.3 is 0 Å². The van der Waals surface area contributed by atoms with E-state index < -0.39 is 15.9 Å². The van der Waals surface area contributed by atoms with Crippen LogP contribution in [0.15, 0.2) is 18.2 Å². The summed E-state index contributed by atoms with van der Waals surface area (Å²) < 4.78 is 37.8. The largest absolute Gasteiger partial charge is 0.326 e. The second-order valence-electron chi connectivity index (χ2n) is 5.41. The Morgan fingerprint density at radius 1 is 1.43 bits per heavy atom. The van der Waals surface area contributed by atoms with Gasteiger partial charge in [0.05, 0.1) is 12.2 Å². The van der Waals surface area contributed by atoms with Crippen LogP contribution in [0, 0.1) is 18.7 Å². The normalized spacial score (nSPS) is 20.2. The fourth-order valence-corrected chi connectivity index (χ4v) is 3.28. The Balaban J connectivity index is 2.04. The van der Waals surface area contributed by atoms with E-state index in [2.05, 4.69) is 5.32 Å². The lowest BCUT2D eigenvalue weighted by Crippen LogP contribution is -2.43. The Kier molecular flexibility index (Phi) is 4.63. The van der Waals surface area contributed by atoms with E-state index in [4.69, 9.17) is 0 Å². The van der Waals surface area contributed by atoms with Crippen LogP contribution in [0.4, 0.5) is 10.1 Å². The van der Waals surface area contributed by atoms with E-state index in [1.54, 1.807) is 19.1 Å². The quantitative estimate of drug-likeness (QED) is 0.924. The average molecular weight is 314 g/mol. The van der Waals surface area contributed by atoms with Gasteiger partial charge in [-0.2, -0.15) is 0 Å². The second-order valence-corrected chi connectivity index (χ2v) is 7.40. The van der Waals surface area contributed by atoms with Gasteiger partial charge in [0.15, 0.2) is 0 Å². The number of carbonyl (C=O) groups is 1. The van der Waals surface area contributed by atoms with E-state index in [1.807, 2.05) is 0 Å². The Morgan fingerprint density at radius 2 is 2.14 bits per heavy atom. The number of nitrogens with one attached hydrogen (secondary N) is 1. The van der Waals surface area contributed by atoms with E-state index in [0.29, 0.717) is 30.6 Å². The number of benzene rings is 1. The lowest BCUT2D eigenvalue weighted by molar-refractivity contribution is -0.120. The topological polar surface area (TPSA) is 66.5 Å². The molecule has 2 rings (SSSR count). The lowest BCUT2D eigenvalue weighted by Gasteiger charge is -2.30. The first-order valence-electron chi connectivity index (χ1n) is 6.79. The van der Waals surface area contributed by atoms with Gasteiger partial charge in [-0.3, -0.25) is 4.79 Å². The summed E-state index contributed by atoms with van der Waals surface area (Å²) in [7, 11) is -3.28. The predicted molar refractivity (Wildman–Crippen MR) is 78.9 cm³/mol. The molecule has 1 aliphatic rings. The molecule has 1 heterocycles. The minimum absolute atomic E-state index is 0.180. The molecule has 1 N–H and O–H groups in total. The first kappa shape index (κ1) is 15.9. The molecule has 1 fully saturated rings. The molecule has 1 saturated heterocycles. The number of aryl methyl sites for hydroxylation is 1. The fraction of sp³-hybridized carbons (Fsp3) is 0.500. The molecule has 0 aromatic heterocycles. The highest BCUT2D eigenvalue weighted by atomic mass is 32.2. The number of hydrogen-bond donors (Lipinski definition) is 1. The number of hydrogen-bond acceptors (Lipinski definition) is 3. The summed E-state index contributed by atoms with van der Waals surface area (Å²) in [6, 6.07) is 4.49. The van der Waals surface area contributed by atoms with E-state index >= 15 is 0 Å². The number of halogens is 1. The van der Waals surface area contributed by atoms with Crippen molar-refractivity contribution in [2.75, 3.05) is 24.7 Å². The zero-order valence-electron chi connectivity index (χ0n) is 12.1. The number of anilines is 1. The van der Waals surface area contributed by atoms with Crippen LogP contribution in [0.25, 0.3) is 0 Å². The van der Waals surface area contributed by atoms with Crippen LogP contribution in [0.5, 0.6) is 0 Å². The summed E-state index contributed by atoms with van der Waals surface area (Å²) in [5.41, 5.74) is 0.897. The van der Waals surface area contributed by atoms with Crippen LogP contribution in [0.1, 0.15) is 18.4 Å². The van der Waals surface area contributed by atoms with Crippen LogP contribution >= 0.6 is 0 Å². The summed E-state index contributed by atoms with van der Waals surface area (Å²) in [4.78, 5) is 12.2. The number of nitrogens with zero attached hydrogens (tertiary/aromatic N) is 1. The Labute approximate surface area is 124 Å². The molecule has 5 nitrogen and oxygen atoms in total. The van der Waals surface area contributed by atoms with E-state index in [1.165, 1.54) is 10.4 Å². The summed E-state index contributed by atoms with van der Waals surface area (Å²) in [6.07, 6.45) is 2.42. The van der Waals surface area contributed by atoms with Crippen molar-refractivity contribution < 1.29 is 17.6 Å². The summed E-state index contributed by atoms with van der Waals surface area (Å²) in [6.45, 7) is 2.27. The minimum Gasteiger partial charge on any atom is -0.326 e. The van der Waals surface area contributed by atoms with Gasteiger partial charge in [-0.15, -0.1) is 0 Å². The van der Waals surface area contributed by atoms with Crippen LogP contribution in [-0.2, 0) is 14.8 Å². The van der Waals surface area contributed by atoms with Crippen molar-refractivity contribution in [3.63, 3.8) is 0 Å². The van der Waals surface area contributed by atoms with Gasteiger partial charge < -0.3 is 5.32 Å². The summed E-state index contributed by atoms with van der Waals surface area (Å²) >= 11 is 0. The molecule has 7 heteroatoms. The smallest absolute Gasteiger partial charge is 0.228 e. The van der Waals surface area contributed by atoms with Crippen molar-refractivity contribution in [3.8, 4) is 0 Å². The maximum absolute atomic E-state index is 13.5. The molecule has 116 valence electrons. The molecule has 0 saturated carbocycles. The van der Waals surface area contributed by atoms with Gasteiger partial charge in [-0.05, 0) is 37.5 Å². The molecule has 1 atom stereocenters. The van der Waals surface area contributed by atoms with Crippen LogP contribution < -0.4 is 5.32 Å². The Bertz CT molecular complexity index is 646. The second kappa shape index (κ2) is 6.11. The first-order chi connectivity index (χ1) is 9.77. The van der Waals surface area contributed by atoms with E-state index in [9.17, 15) is 17.6 Å². The number of piperidine rings is 1. The zero-order chi connectivity index (χ0) is 15.6. The number of rotatable bonds is 3. The number of carbonyl (C=O) groups excluding carboxylic acids is 1. The predicted octanol–water partition coefficient (Wildman–Crippen LogP) is 1.74. The fourth-order valence-electron chi connectivity index (χ4n) is 2.37. The van der Waals surface area contributed by atoms with Crippen molar-refractivity contribution in [2.24, 2.45) is 5.92 Å². The van der Waals surface area contributed by atoms with E-state index in [-0.39, 0.29) is 18.3 Å². The summed E-state index contributed by atoms with van der Waals surface area (Å²) in [5, 5.41) is 2.65. The third-order valence-corrected chi connectivity index (χ3v) is 4.93. The van der Waals surface area contributed by atoms with Crippen molar-refractivity contribution >= 4 is 21.6 Å². The van der Waals surface area contributed by atoms with Gasteiger partial charge in [0.2, 0.25) is 15.9 Å². The van der Waals surface area contributed by atoms with Gasteiger partial charge in [0, 0.05) is 18.8 Å². The molecule has 1 amide bonds. The third-order valence-electron chi connectivity index (χ3n) is 3.66.